The van der Waals surface area contributed by atoms with Gasteiger partial charge >= 0.3 is 0 Å². The number of hydrogen-bond acceptors (Lipinski definition) is 1. The van der Waals surface area contributed by atoms with E-state index in [1.807, 2.05) is 18.2 Å². The average Bonchev–Trinajstić information content (AvgIpc) is 2.69. The molecule has 0 amide bonds. The second-order valence-corrected chi connectivity index (χ2v) is 4.24. The van der Waals surface area contributed by atoms with Crippen LogP contribution in [-0.2, 0) is 0 Å². The largest absolute Gasteiger partial charge is 0.384 e. The van der Waals surface area contributed by atoms with Gasteiger partial charge in [-0.05, 0) is 30.7 Å². The summed E-state index contributed by atoms with van der Waals surface area (Å²) in [6.45, 7) is 2.07. The minimum atomic E-state index is 0.810. The minimum absolute atomic E-state index is 0.810. The summed E-state index contributed by atoms with van der Waals surface area (Å²) in [6, 6.07) is 18.6. The Labute approximate surface area is 100 Å². The van der Waals surface area contributed by atoms with E-state index in [9.17, 15) is 0 Å². The molecule has 3 rings (SSSR count). The van der Waals surface area contributed by atoms with Crippen LogP contribution in [0.3, 0.4) is 0 Å². The molecule has 0 aliphatic rings. The second kappa shape index (κ2) is 3.67. The number of aryl methyl sites for hydroxylation is 1. The molecule has 0 atom stereocenters. The van der Waals surface area contributed by atoms with Gasteiger partial charge < -0.3 is 10.1 Å². The van der Waals surface area contributed by atoms with E-state index in [-0.39, 0.29) is 0 Å². The Kier molecular flexibility index (Phi) is 2.15. The standard InChI is InChI=1S/C15H14N2/c1-11-6-5-9-13-10-14(15(16)17(11)13)12-7-3-2-4-8-12/h2-10H,16H2,1H3. The summed E-state index contributed by atoms with van der Waals surface area (Å²) in [5.74, 6) is 0.810. The molecule has 0 bridgehead atoms. The Bertz CT molecular complexity index is 666. The summed E-state index contributed by atoms with van der Waals surface area (Å²) in [7, 11) is 0. The van der Waals surface area contributed by atoms with Gasteiger partial charge in [0.05, 0.1) is 0 Å². The number of aromatic nitrogens is 1. The summed E-state index contributed by atoms with van der Waals surface area (Å²) in [5, 5.41) is 0. The van der Waals surface area contributed by atoms with Crippen molar-refractivity contribution in [3.05, 3.63) is 60.3 Å². The number of rotatable bonds is 1. The molecule has 0 unspecified atom stereocenters. The Hall–Kier alpha value is -2.22. The zero-order valence-corrected chi connectivity index (χ0v) is 9.72. The van der Waals surface area contributed by atoms with Crippen molar-refractivity contribution in [2.75, 3.05) is 5.73 Å². The molecular weight excluding hydrogens is 208 g/mol. The van der Waals surface area contributed by atoms with Gasteiger partial charge in [0.2, 0.25) is 0 Å². The van der Waals surface area contributed by atoms with E-state index in [0.717, 1.165) is 28.2 Å². The summed E-state index contributed by atoms with van der Waals surface area (Å²) in [5.41, 5.74) is 10.8. The first kappa shape index (κ1) is 9.97. The van der Waals surface area contributed by atoms with Crippen LogP contribution in [0.1, 0.15) is 5.69 Å². The van der Waals surface area contributed by atoms with Gasteiger partial charge in [0.15, 0.2) is 0 Å². The lowest BCUT2D eigenvalue weighted by Gasteiger charge is -2.04. The fourth-order valence-corrected chi connectivity index (χ4v) is 2.27. The molecule has 17 heavy (non-hydrogen) atoms. The van der Waals surface area contributed by atoms with E-state index in [2.05, 4.69) is 47.7 Å². The number of nitrogens with two attached hydrogens (primary N) is 1. The van der Waals surface area contributed by atoms with Crippen molar-refractivity contribution in [2.24, 2.45) is 0 Å². The van der Waals surface area contributed by atoms with E-state index in [1.165, 1.54) is 0 Å². The van der Waals surface area contributed by atoms with Crippen LogP contribution in [0.15, 0.2) is 54.6 Å². The number of nitrogens with zero attached hydrogens (tertiary/aromatic N) is 1. The van der Waals surface area contributed by atoms with E-state index in [0.29, 0.717) is 0 Å². The lowest BCUT2D eigenvalue weighted by Crippen LogP contribution is -1.97. The van der Waals surface area contributed by atoms with Crippen molar-refractivity contribution in [1.29, 1.82) is 0 Å². The molecule has 2 heteroatoms. The molecule has 0 radical (unpaired) electrons. The fourth-order valence-electron chi connectivity index (χ4n) is 2.27. The van der Waals surface area contributed by atoms with E-state index in [1.54, 1.807) is 0 Å². The Balaban J connectivity index is 2.33. The predicted octanol–water partition coefficient (Wildman–Crippen LogP) is 3.50. The molecule has 0 fully saturated rings. The van der Waals surface area contributed by atoms with E-state index >= 15 is 0 Å². The van der Waals surface area contributed by atoms with Gasteiger partial charge in [-0.2, -0.15) is 0 Å². The fraction of sp³-hybridized carbons (Fsp3) is 0.0667. The van der Waals surface area contributed by atoms with Gasteiger partial charge in [-0.15, -0.1) is 0 Å². The molecule has 2 nitrogen and oxygen atoms in total. The molecule has 2 aromatic heterocycles. The lowest BCUT2D eigenvalue weighted by molar-refractivity contribution is 1.11. The zero-order chi connectivity index (χ0) is 11.8. The second-order valence-electron chi connectivity index (χ2n) is 4.24. The third kappa shape index (κ3) is 1.49. The van der Waals surface area contributed by atoms with Gasteiger partial charge in [0, 0.05) is 16.8 Å². The maximum atomic E-state index is 6.23. The number of benzene rings is 1. The highest BCUT2D eigenvalue weighted by Gasteiger charge is 2.09. The summed E-state index contributed by atoms with van der Waals surface area (Å²) in [6.07, 6.45) is 0. The molecule has 2 N–H and O–H groups in total. The highest BCUT2D eigenvalue weighted by molar-refractivity contribution is 5.81. The van der Waals surface area contributed by atoms with Crippen LogP contribution >= 0.6 is 0 Å². The van der Waals surface area contributed by atoms with Gasteiger partial charge in [0.25, 0.3) is 0 Å². The van der Waals surface area contributed by atoms with Crippen LogP contribution < -0.4 is 5.73 Å². The Morgan fingerprint density at radius 1 is 0.941 bits per heavy atom. The van der Waals surface area contributed by atoms with E-state index < -0.39 is 0 Å². The van der Waals surface area contributed by atoms with Crippen molar-refractivity contribution in [3.8, 4) is 11.1 Å². The van der Waals surface area contributed by atoms with Gasteiger partial charge in [-0.1, -0.05) is 36.4 Å². The summed E-state index contributed by atoms with van der Waals surface area (Å²) in [4.78, 5) is 0. The minimum Gasteiger partial charge on any atom is -0.384 e. The van der Waals surface area contributed by atoms with Crippen molar-refractivity contribution >= 4 is 11.3 Å². The van der Waals surface area contributed by atoms with E-state index in [4.69, 9.17) is 5.73 Å². The average molecular weight is 222 g/mol. The van der Waals surface area contributed by atoms with Crippen molar-refractivity contribution < 1.29 is 0 Å². The first-order valence-electron chi connectivity index (χ1n) is 5.69. The molecular formula is C15H14N2. The Morgan fingerprint density at radius 3 is 2.41 bits per heavy atom. The van der Waals surface area contributed by atoms with Crippen LogP contribution in [-0.4, -0.2) is 4.40 Å². The first-order valence-corrected chi connectivity index (χ1v) is 5.69. The number of hydrogen-bond donors (Lipinski definition) is 1. The third-order valence-corrected chi connectivity index (χ3v) is 3.11. The van der Waals surface area contributed by atoms with Crippen LogP contribution in [0.5, 0.6) is 0 Å². The molecule has 0 saturated heterocycles. The zero-order valence-electron chi connectivity index (χ0n) is 9.72. The Morgan fingerprint density at radius 2 is 1.71 bits per heavy atom. The summed E-state index contributed by atoms with van der Waals surface area (Å²) < 4.78 is 2.09. The maximum absolute atomic E-state index is 6.23. The third-order valence-electron chi connectivity index (χ3n) is 3.11. The number of pyridine rings is 1. The lowest BCUT2D eigenvalue weighted by atomic mass is 10.1. The first-order chi connectivity index (χ1) is 8.27. The topological polar surface area (TPSA) is 30.4 Å². The van der Waals surface area contributed by atoms with Crippen LogP contribution in [0.25, 0.3) is 16.6 Å². The molecule has 3 aromatic rings. The highest BCUT2D eigenvalue weighted by Crippen LogP contribution is 2.30. The smallest absolute Gasteiger partial charge is 0.116 e. The van der Waals surface area contributed by atoms with Crippen molar-refractivity contribution in [1.82, 2.24) is 4.40 Å². The highest BCUT2D eigenvalue weighted by atomic mass is 15.0. The SMILES string of the molecule is Cc1cccc2cc(-c3ccccc3)c(N)n12. The van der Waals surface area contributed by atoms with Gasteiger partial charge in [-0.25, -0.2) is 0 Å². The van der Waals surface area contributed by atoms with Crippen molar-refractivity contribution in [2.45, 2.75) is 6.92 Å². The number of fused-ring (bicyclic) bond motifs is 1. The van der Waals surface area contributed by atoms with Crippen LogP contribution in [0.4, 0.5) is 5.82 Å². The molecule has 84 valence electrons. The van der Waals surface area contributed by atoms with Gasteiger partial charge in [0.1, 0.15) is 5.82 Å². The number of anilines is 1. The normalized spacial score (nSPS) is 10.9. The van der Waals surface area contributed by atoms with Crippen LogP contribution in [0, 0.1) is 6.92 Å². The maximum Gasteiger partial charge on any atom is 0.116 e. The molecule has 0 spiro atoms. The molecule has 0 aliphatic heterocycles. The van der Waals surface area contributed by atoms with Crippen molar-refractivity contribution in [3.63, 3.8) is 0 Å². The van der Waals surface area contributed by atoms with Gasteiger partial charge in [-0.3, -0.25) is 0 Å². The molecule has 0 saturated carbocycles. The summed E-state index contributed by atoms with van der Waals surface area (Å²) >= 11 is 0. The number of nitrogen functional groups attached to an aromatic ring is 1. The predicted molar refractivity (Wildman–Crippen MR) is 72.0 cm³/mol. The molecule has 0 aliphatic carbocycles. The molecule has 2 heterocycles. The quantitative estimate of drug-likeness (QED) is 0.671. The van der Waals surface area contributed by atoms with Crippen LogP contribution in [0.2, 0.25) is 0 Å². The molecule has 1 aromatic carbocycles. The monoisotopic (exact) mass is 222 g/mol.